The lowest BCUT2D eigenvalue weighted by Gasteiger charge is -2.35. The summed E-state index contributed by atoms with van der Waals surface area (Å²) < 4.78 is 5.93. The predicted octanol–water partition coefficient (Wildman–Crippen LogP) is 2.90. The molecule has 1 aromatic rings. The molecule has 2 N–H and O–H groups in total. The zero-order valence-electron chi connectivity index (χ0n) is 13.8. The summed E-state index contributed by atoms with van der Waals surface area (Å²) in [4.78, 5) is 22.8. The van der Waals surface area contributed by atoms with Crippen LogP contribution in [-0.4, -0.2) is 34.2 Å². The van der Waals surface area contributed by atoms with Gasteiger partial charge in [-0.15, -0.1) is 0 Å². The third kappa shape index (κ3) is 4.30. The summed E-state index contributed by atoms with van der Waals surface area (Å²) in [5.74, 6) is 0.600. The highest BCUT2D eigenvalue weighted by Crippen LogP contribution is 2.36. The van der Waals surface area contributed by atoms with Crippen LogP contribution in [0.25, 0.3) is 0 Å². The fourth-order valence-electron chi connectivity index (χ4n) is 3.16. The van der Waals surface area contributed by atoms with Crippen molar-refractivity contribution < 1.29 is 19.4 Å². The van der Waals surface area contributed by atoms with Gasteiger partial charge in [-0.25, -0.2) is 0 Å². The van der Waals surface area contributed by atoms with Gasteiger partial charge in [0.1, 0.15) is 5.75 Å². The van der Waals surface area contributed by atoms with E-state index in [1.54, 1.807) is 0 Å². The summed E-state index contributed by atoms with van der Waals surface area (Å²) >= 11 is 1.05. The van der Waals surface area contributed by atoms with Crippen molar-refractivity contribution in [1.29, 1.82) is 0 Å². The quantitative estimate of drug-likeness (QED) is 0.855. The minimum absolute atomic E-state index is 0.122. The van der Waals surface area contributed by atoms with E-state index in [0.29, 0.717) is 13.0 Å². The molecule has 1 aliphatic carbocycles. The number of hydrogen-bond acceptors (Lipinski definition) is 5. The van der Waals surface area contributed by atoms with Crippen molar-refractivity contribution in [3.8, 4) is 5.75 Å². The Labute approximate surface area is 146 Å². The van der Waals surface area contributed by atoms with E-state index in [1.807, 2.05) is 24.3 Å². The third-order valence-corrected chi connectivity index (χ3v) is 5.84. The number of nitrogens with one attached hydrogen (secondary N) is 1. The Bertz CT molecular complexity index is 608. The molecule has 2 amide bonds. The summed E-state index contributed by atoms with van der Waals surface area (Å²) in [6, 6.07) is 7.71. The third-order valence-electron chi connectivity index (χ3n) is 4.86. The van der Waals surface area contributed by atoms with E-state index in [9.17, 15) is 14.7 Å². The van der Waals surface area contributed by atoms with Crippen molar-refractivity contribution in [2.75, 3.05) is 6.61 Å². The standard InChI is InChI=1S/C18H23NO4S/c1-18(8-6-13(20)7-9-18)11-23-14-4-2-12(3-5-14)10-15-16(21)19-17(22)24-15/h2-5,13,15,20H,6-11H2,1H3,(H,19,21,22). The molecule has 2 fully saturated rings. The first-order valence-electron chi connectivity index (χ1n) is 8.35. The molecule has 1 saturated heterocycles. The van der Waals surface area contributed by atoms with Crippen molar-refractivity contribution in [3.05, 3.63) is 29.8 Å². The molecule has 1 aromatic carbocycles. The maximum Gasteiger partial charge on any atom is 0.286 e. The number of amides is 2. The van der Waals surface area contributed by atoms with Crippen molar-refractivity contribution in [2.45, 2.75) is 50.4 Å². The summed E-state index contributed by atoms with van der Waals surface area (Å²) in [5.41, 5.74) is 1.13. The van der Waals surface area contributed by atoms with Crippen LogP contribution in [0.2, 0.25) is 0 Å². The normalized spacial score (nSPS) is 30.2. The van der Waals surface area contributed by atoms with Gasteiger partial charge in [0.05, 0.1) is 18.0 Å². The van der Waals surface area contributed by atoms with Crippen LogP contribution in [0, 0.1) is 5.41 Å². The molecule has 0 spiro atoms. The molecule has 130 valence electrons. The second-order valence-electron chi connectivity index (χ2n) is 7.06. The van der Waals surface area contributed by atoms with E-state index < -0.39 is 0 Å². The van der Waals surface area contributed by atoms with Crippen molar-refractivity contribution in [2.24, 2.45) is 5.41 Å². The summed E-state index contributed by atoms with van der Waals surface area (Å²) in [7, 11) is 0. The predicted molar refractivity (Wildman–Crippen MR) is 93.1 cm³/mol. The van der Waals surface area contributed by atoms with Crippen LogP contribution in [0.5, 0.6) is 5.75 Å². The molecule has 1 aliphatic heterocycles. The fourth-order valence-corrected chi connectivity index (χ4v) is 4.02. The molecule has 2 aliphatic rings. The van der Waals surface area contributed by atoms with Gasteiger partial charge in [0, 0.05) is 5.41 Å². The molecule has 0 bridgehead atoms. The lowest BCUT2D eigenvalue weighted by atomic mass is 9.75. The SMILES string of the molecule is CC1(COc2ccc(CC3SC(=O)NC3=O)cc2)CCC(O)CC1. The molecular formula is C18H23NO4S. The van der Waals surface area contributed by atoms with Crippen LogP contribution < -0.4 is 10.1 Å². The Kier molecular flexibility index (Phi) is 5.15. The number of aliphatic hydroxyl groups is 1. The van der Waals surface area contributed by atoms with Crippen molar-refractivity contribution in [3.63, 3.8) is 0 Å². The summed E-state index contributed by atoms with van der Waals surface area (Å²) in [6.07, 6.45) is 4.03. The van der Waals surface area contributed by atoms with E-state index in [1.165, 1.54) is 0 Å². The Morgan fingerprint density at radius 2 is 1.92 bits per heavy atom. The van der Waals surface area contributed by atoms with E-state index in [0.717, 1.165) is 48.8 Å². The Balaban J connectivity index is 1.51. The highest BCUT2D eigenvalue weighted by molar-refractivity contribution is 8.15. The first-order chi connectivity index (χ1) is 11.4. The molecular weight excluding hydrogens is 326 g/mol. The van der Waals surface area contributed by atoms with E-state index in [4.69, 9.17) is 4.74 Å². The van der Waals surface area contributed by atoms with Crippen LogP contribution in [0.3, 0.4) is 0 Å². The smallest absolute Gasteiger partial charge is 0.286 e. The summed E-state index contributed by atoms with van der Waals surface area (Å²) in [6.45, 7) is 2.86. The zero-order valence-corrected chi connectivity index (χ0v) is 14.6. The second kappa shape index (κ2) is 7.15. The Morgan fingerprint density at radius 3 is 2.50 bits per heavy atom. The highest BCUT2D eigenvalue weighted by atomic mass is 32.2. The van der Waals surface area contributed by atoms with Gasteiger partial charge in [-0.3, -0.25) is 14.9 Å². The zero-order chi connectivity index (χ0) is 17.2. The highest BCUT2D eigenvalue weighted by Gasteiger charge is 2.32. The second-order valence-corrected chi connectivity index (χ2v) is 8.24. The van der Waals surface area contributed by atoms with Crippen molar-refractivity contribution in [1.82, 2.24) is 5.32 Å². The number of aliphatic hydroxyl groups excluding tert-OH is 1. The molecule has 1 heterocycles. The van der Waals surface area contributed by atoms with E-state index >= 15 is 0 Å². The van der Waals surface area contributed by atoms with Crippen LogP contribution in [0.15, 0.2) is 24.3 Å². The average molecular weight is 349 g/mol. The van der Waals surface area contributed by atoms with Gasteiger partial charge in [0.25, 0.3) is 5.24 Å². The summed E-state index contributed by atoms with van der Waals surface area (Å²) in [5, 5.41) is 11.3. The number of carbonyl (C=O) groups is 2. The minimum atomic E-state index is -0.336. The largest absolute Gasteiger partial charge is 0.493 e. The molecule has 3 rings (SSSR count). The number of carbonyl (C=O) groups excluding carboxylic acids is 2. The van der Waals surface area contributed by atoms with Crippen LogP contribution in [0.4, 0.5) is 4.79 Å². The molecule has 1 atom stereocenters. The van der Waals surface area contributed by atoms with Gasteiger partial charge in [-0.1, -0.05) is 30.8 Å². The maximum atomic E-state index is 11.6. The van der Waals surface area contributed by atoms with Gasteiger partial charge < -0.3 is 9.84 Å². The Morgan fingerprint density at radius 1 is 1.25 bits per heavy atom. The number of ether oxygens (including phenoxy) is 1. The average Bonchev–Trinajstić information content (AvgIpc) is 2.88. The van der Waals surface area contributed by atoms with Gasteiger partial charge in [-0.05, 0) is 49.8 Å². The van der Waals surface area contributed by atoms with Gasteiger partial charge in [0.2, 0.25) is 5.91 Å². The van der Waals surface area contributed by atoms with Gasteiger partial charge >= 0.3 is 0 Å². The minimum Gasteiger partial charge on any atom is -0.493 e. The van der Waals surface area contributed by atoms with Crippen LogP contribution in [-0.2, 0) is 11.2 Å². The molecule has 5 nitrogen and oxygen atoms in total. The monoisotopic (exact) mass is 349 g/mol. The van der Waals surface area contributed by atoms with E-state index in [-0.39, 0.29) is 27.9 Å². The van der Waals surface area contributed by atoms with E-state index in [2.05, 4.69) is 12.2 Å². The number of benzene rings is 1. The number of hydrogen-bond donors (Lipinski definition) is 2. The lowest BCUT2D eigenvalue weighted by Crippen LogP contribution is -2.32. The molecule has 0 radical (unpaired) electrons. The molecule has 6 heteroatoms. The molecule has 24 heavy (non-hydrogen) atoms. The first kappa shape index (κ1) is 17.3. The van der Waals surface area contributed by atoms with Crippen LogP contribution in [0.1, 0.15) is 38.2 Å². The van der Waals surface area contributed by atoms with Gasteiger partial charge in [-0.2, -0.15) is 0 Å². The molecule has 1 saturated carbocycles. The first-order valence-corrected chi connectivity index (χ1v) is 9.23. The number of rotatable bonds is 5. The fraction of sp³-hybridized carbons (Fsp3) is 0.556. The Hall–Kier alpha value is -1.53. The molecule has 1 unspecified atom stereocenters. The maximum absolute atomic E-state index is 11.6. The topological polar surface area (TPSA) is 75.6 Å². The lowest BCUT2D eigenvalue weighted by molar-refractivity contribution is -0.118. The number of imide groups is 1. The van der Waals surface area contributed by atoms with Gasteiger partial charge in [0.15, 0.2) is 0 Å². The number of thioether (sulfide) groups is 1. The van der Waals surface area contributed by atoms with Crippen LogP contribution >= 0.6 is 11.8 Å². The molecule has 0 aromatic heterocycles. The van der Waals surface area contributed by atoms with Crippen molar-refractivity contribution >= 4 is 22.9 Å².